The number of hydrogen-bond acceptors (Lipinski definition) is 3. The molecule has 1 aromatic rings. The highest BCUT2D eigenvalue weighted by Gasteiger charge is 2.61. The maximum Gasteiger partial charge on any atom is 0.407 e. The Kier molecular flexibility index (Phi) is 4.11. The predicted octanol–water partition coefficient (Wildman–Crippen LogP) is 3.87. The van der Waals surface area contributed by atoms with Gasteiger partial charge in [-0.2, -0.15) is 0 Å². The van der Waals surface area contributed by atoms with Crippen LogP contribution in [0.15, 0.2) is 24.3 Å². The molecular formula is C22H32N2O2. The molecule has 26 heavy (non-hydrogen) atoms. The summed E-state index contributed by atoms with van der Waals surface area (Å²) in [7, 11) is 0. The molecule has 3 aliphatic rings. The molecular weight excluding hydrogens is 324 g/mol. The molecule has 1 aromatic carbocycles. The van der Waals surface area contributed by atoms with Gasteiger partial charge in [0.1, 0.15) is 5.60 Å². The lowest BCUT2D eigenvalue weighted by molar-refractivity contribution is 0.0511. The number of carbonyl (C=O) groups excluding carboxylic acids is 1. The molecule has 0 aromatic heterocycles. The van der Waals surface area contributed by atoms with Gasteiger partial charge in [0.05, 0.1) is 0 Å². The van der Waals surface area contributed by atoms with E-state index in [0.29, 0.717) is 5.41 Å². The number of alkyl carbamates (subject to hydrolysis) is 1. The highest BCUT2D eigenvalue weighted by Crippen LogP contribution is 2.60. The second-order valence-corrected chi connectivity index (χ2v) is 9.95. The van der Waals surface area contributed by atoms with Gasteiger partial charge in [-0.25, -0.2) is 4.79 Å². The summed E-state index contributed by atoms with van der Waals surface area (Å²) in [4.78, 5) is 14.6. The van der Waals surface area contributed by atoms with Crippen molar-refractivity contribution in [1.29, 1.82) is 0 Å². The van der Waals surface area contributed by atoms with E-state index in [-0.39, 0.29) is 11.5 Å². The van der Waals surface area contributed by atoms with Gasteiger partial charge in [-0.3, -0.25) is 0 Å². The van der Waals surface area contributed by atoms with Gasteiger partial charge < -0.3 is 15.0 Å². The Labute approximate surface area is 157 Å². The molecule has 1 saturated heterocycles. The third kappa shape index (κ3) is 3.62. The number of fused-ring (bicyclic) bond motifs is 1. The Morgan fingerprint density at radius 3 is 2.58 bits per heavy atom. The maximum atomic E-state index is 11.9. The molecule has 4 nitrogen and oxygen atoms in total. The molecule has 4 rings (SSSR count). The summed E-state index contributed by atoms with van der Waals surface area (Å²) >= 11 is 0. The number of piperidine rings is 1. The van der Waals surface area contributed by atoms with Gasteiger partial charge in [0, 0.05) is 37.0 Å². The Morgan fingerprint density at radius 1 is 1.27 bits per heavy atom. The van der Waals surface area contributed by atoms with Crippen molar-refractivity contribution in [1.82, 2.24) is 10.2 Å². The minimum atomic E-state index is -0.433. The van der Waals surface area contributed by atoms with Crippen LogP contribution in [-0.2, 0) is 10.2 Å². The predicted molar refractivity (Wildman–Crippen MR) is 103 cm³/mol. The van der Waals surface area contributed by atoms with Crippen LogP contribution in [0.2, 0.25) is 0 Å². The molecule has 1 heterocycles. The summed E-state index contributed by atoms with van der Waals surface area (Å²) < 4.78 is 5.37. The van der Waals surface area contributed by atoms with E-state index in [1.54, 1.807) is 0 Å². The molecule has 2 unspecified atom stereocenters. The van der Waals surface area contributed by atoms with E-state index in [2.05, 4.69) is 41.4 Å². The Morgan fingerprint density at radius 2 is 1.96 bits per heavy atom. The van der Waals surface area contributed by atoms with Gasteiger partial charge in [0.25, 0.3) is 0 Å². The highest BCUT2D eigenvalue weighted by molar-refractivity contribution is 5.67. The highest BCUT2D eigenvalue weighted by atomic mass is 16.6. The normalized spacial score (nSPS) is 29.2. The van der Waals surface area contributed by atoms with Crippen molar-refractivity contribution in [2.45, 2.75) is 58.0 Å². The van der Waals surface area contributed by atoms with Gasteiger partial charge in [-0.1, -0.05) is 29.8 Å². The lowest BCUT2D eigenvalue weighted by Crippen LogP contribution is -2.40. The van der Waals surface area contributed by atoms with Crippen LogP contribution in [0.4, 0.5) is 4.79 Å². The third-order valence-corrected chi connectivity index (χ3v) is 6.37. The first-order chi connectivity index (χ1) is 12.2. The van der Waals surface area contributed by atoms with Gasteiger partial charge in [0.2, 0.25) is 0 Å². The van der Waals surface area contributed by atoms with Crippen molar-refractivity contribution >= 4 is 6.09 Å². The van der Waals surface area contributed by atoms with Gasteiger partial charge in [-0.05, 0) is 58.4 Å². The van der Waals surface area contributed by atoms with E-state index in [9.17, 15) is 4.79 Å². The first-order valence-corrected chi connectivity index (χ1v) is 9.96. The smallest absolute Gasteiger partial charge is 0.407 e. The Hall–Kier alpha value is -1.55. The lowest BCUT2D eigenvalue weighted by atomic mass is 9.94. The second-order valence-electron chi connectivity index (χ2n) is 9.95. The van der Waals surface area contributed by atoms with Crippen molar-refractivity contribution in [2.24, 2.45) is 11.3 Å². The molecule has 2 aliphatic carbocycles. The monoisotopic (exact) mass is 356 g/mol. The molecule has 4 heteroatoms. The van der Waals surface area contributed by atoms with Crippen molar-refractivity contribution in [3.05, 3.63) is 35.4 Å². The van der Waals surface area contributed by atoms with Gasteiger partial charge in [0.15, 0.2) is 0 Å². The number of ether oxygens (including phenoxy) is 1. The second kappa shape index (κ2) is 5.98. The number of aryl methyl sites for hydroxylation is 1. The van der Waals surface area contributed by atoms with Gasteiger partial charge in [-0.15, -0.1) is 0 Å². The third-order valence-electron chi connectivity index (χ3n) is 6.37. The molecule has 0 spiro atoms. The van der Waals surface area contributed by atoms with Crippen LogP contribution in [0.25, 0.3) is 0 Å². The van der Waals surface area contributed by atoms with Crippen molar-refractivity contribution in [2.75, 3.05) is 26.2 Å². The summed E-state index contributed by atoms with van der Waals surface area (Å²) in [6.45, 7) is 12.1. The molecule has 1 amide bonds. The quantitative estimate of drug-likeness (QED) is 0.871. The van der Waals surface area contributed by atoms with Crippen LogP contribution in [0.5, 0.6) is 0 Å². The molecule has 0 radical (unpaired) electrons. The standard InChI is InChI=1S/C22H32N2O2/c1-16-5-7-17(8-6-16)22-11-18(22)12-24(15-22)14-21(9-10-21)13-23-19(25)26-20(2,3)4/h5-8,18H,9-15H2,1-4H3,(H,23,25). The topological polar surface area (TPSA) is 41.6 Å². The van der Waals surface area contributed by atoms with Crippen molar-refractivity contribution in [3.8, 4) is 0 Å². The zero-order valence-electron chi connectivity index (χ0n) is 16.6. The first-order valence-electron chi connectivity index (χ1n) is 9.96. The summed E-state index contributed by atoms with van der Waals surface area (Å²) in [6, 6.07) is 9.15. The minimum absolute atomic E-state index is 0.266. The summed E-state index contributed by atoms with van der Waals surface area (Å²) in [5.41, 5.74) is 3.09. The molecule has 2 atom stereocenters. The van der Waals surface area contributed by atoms with E-state index in [1.165, 1.54) is 43.5 Å². The van der Waals surface area contributed by atoms with Crippen LogP contribution in [0.1, 0.15) is 51.2 Å². The van der Waals surface area contributed by atoms with E-state index < -0.39 is 5.60 Å². The number of hydrogen-bond donors (Lipinski definition) is 1. The molecule has 1 aliphatic heterocycles. The molecule has 2 saturated carbocycles. The Bertz CT molecular complexity index is 687. The number of carbonyl (C=O) groups is 1. The summed E-state index contributed by atoms with van der Waals surface area (Å²) in [6.07, 6.45) is 3.47. The molecule has 0 bridgehead atoms. The summed E-state index contributed by atoms with van der Waals surface area (Å²) in [5.74, 6) is 0.819. The van der Waals surface area contributed by atoms with Crippen LogP contribution >= 0.6 is 0 Å². The summed E-state index contributed by atoms with van der Waals surface area (Å²) in [5, 5.41) is 3.00. The van der Waals surface area contributed by atoms with Crippen molar-refractivity contribution in [3.63, 3.8) is 0 Å². The first kappa shape index (κ1) is 17.8. The largest absolute Gasteiger partial charge is 0.444 e. The number of benzene rings is 1. The van der Waals surface area contributed by atoms with Crippen LogP contribution in [-0.4, -0.2) is 42.8 Å². The van der Waals surface area contributed by atoms with Crippen LogP contribution < -0.4 is 5.32 Å². The van der Waals surface area contributed by atoms with E-state index in [1.807, 2.05) is 20.8 Å². The van der Waals surface area contributed by atoms with E-state index in [4.69, 9.17) is 4.74 Å². The Balaban J connectivity index is 1.30. The fourth-order valence-electron chi connectivity index (χ4n) is 4.66. The van der Waals surface area contributed by atoms with E-state index >= 15 is 0 Å². The number of likely N-dealkylation sites (tertiary alicyclic amines) is 1. The molecule has 142 valence electrons. The number of nitrogens with zero attached hydrogens (tertiary/aromatic N) is 1. The SMILES string of the molecule is Cc1ccc(C23CC2CN(CC2(CNC(=O)OC(C)(C)C)CC2)C3)cc1. The average molecular weight is 357 g/mol. The average Bonchev–Trinajstić information content (AvgIpc) is 3.43. The lowest BCUT2D eigenvalue weighted by Gasteiger charge is -2.27. The minimum Gasteiger partial charge on any atom is -0.444 e. The van der Waals surface area contributed by atoms with Crippen LogP contribution in [0.3, 0.4) is 0 Å². The number of amides is 1. The van der Waals surface area contributed by atoms with Crippen LogP contribution in [0, 0.1) is 18.3 Å². The number of rotatable bonds is 5. The zero-order valence-corrected chi connectivity index (χ0v) is 16.6. The molecule has 1 N–H and O–H groups in total. The fraction of sp³-hybridized carbons (Fsp3) is 0.682. The molecule has 3 fully saturated rings. The number of nitrogens with one attached hydrogen (secondary N) is 1. The van der Waals surface area contributed by atoms with E-state index in [0.717, 1.165) is 19.0 Å². The zero-order chi connectivity index (χ0) is 18.6. The van der Waals surface area contributed by atoms with Crippen molar-refractivity contribution < 1.29 is 9.53 Å². The van der Waals surface area contributed by atoms with Gasteiger partial charge >= 0.3 is 6.09 Å². The fourth-order valence-corrected chi connectivity index (χ4v) is 4.66. The maximum absolute atomic E-state index is 11.9.